The molecule has 5 nitrogen and oxygen atoms in total. The number of benzene rings is 1. The maximum Gasteiger partial charge on any atom is 0.234 e. The van der Waals surface area contributed by atoms with Crippen LogP contribution in [0, 0.1) is 0 Å². The van der Waals surface area contributed by atoms with Crippen molar-refractivity contribution in [1.29, 1.82) is 0 Å². The maximum absolute atomic E-state index is 11.7. The van der Waals surface area contributed by atoms with Gasteiger partial charge in [0.1, 0.15) is 5.75 Å². The van der Waals surface area contributed by atoms with Gasteiger partial charge in [0.15, 0.2) is 0 Å². The summed E-state index contributed by atoms with van der Waals surface area (Å²) in [5.74, 6) is 0.142. The first-order valence-electron chi connectivity index (χ1n) is 5.38. The Kier molecular flexibility index (Phi) is 5.51. The molecule has 0 spiro atoms. The van der Waals surface area contributed by atoms with Crippen molar-refractivity contribution in [2.45, 2.75) is 12.2 Å². The molecule has 1 aromatic rings. The number of hydrogen-bond donors (Lipinski definition) is 2. The summed E-state index contributed by atoms with van der Waals surface area (Å²) in [6.07, 6.45) is 0. The lowest BCUT2D eigenvalue weighted by molar-refractivity contribution is -0.117. The van der Waals surface area contributed by atoms with Gasteiger partial charge in [0.2, 0.25) is 11.8 Å². The third kappa shape index (κ3) is 4.29. The molecule has 0 fully saturated rings. The SMILES string of the molecule is COc1ccccc1NC(=O)CSC(C)C(N)=O. The molecule has 0 aliphatic carbocycles. The first-order valence-corrected chi connectivity index (χ1v) is 6.43. The number of amides is 2. The van der Waals surface area contributed by atoms with Crippen LogP contribution in [0.4, 0.5) is 5.69 Å². The van der Waals surface area contributed by atoms with E-state index in [-0.39, 0.29) is 16.9 Å². The Morgan fingerprint density at radius 1 is 1.44 bits per heavy atom. The summed E-state index contributed by atoms with van der Waals surface area (Å²) in [7, 11) is 1.54. The Hall–Kier alpha value is -1.69. The van der Waals surface area contributed by atoms with Gasteiger partial charge in [0, 0.05) is 0 Å². The quantitative estimate of drug-likeness (QED) is 0.813. The molecule has 2 amide bonds. The molecule has 6 heteroatoms. The molecule has 0 saturated carbocycles. The van der Waals surface area contributed by atoms with Crippen LogP contribution >= 0.6 is 11.8 Å². The molecular formula is C12H16N2O3S. The van der Waals surface area contributed by atoms with Gasteiger partial charge in [-0.25, -0.2) is 0 Å². The second kappa shape index (κ2) is 6.90. The molecule has 18 heavy (non-hydrogen) atoms. The lowest BCUT2D eigenvalue weighted by atomic mass is 10.3. The van der Waals surface area contributed by atoms with Crippen LogP contribution in [-0.4, -0.2) is 29.9 Å². The lowest BCUT2D eigenvalue weighted by Gasteiger charge is -2.10. The van der Waals surface area contributed by atoms with Gasteiger partial charge in [-0.3, -0.25) is 9.59 Å². The second-order valence-electron chi connectivity index (χ2n) is 3.60. The topological polar surface area (TPSA) is 81.4 Å². The van der Waals surface area contributed by atoms with Crippen molar-refractivity contribution in [3.8, 4) is 5.75 Å². The predicted molar refractivity (Wildman–Crippen MR) is 72.7 cm³/mol. The number of rotatable bonds is 6. The molecule has 3 N–H and O–H groups in total. The van der Waals surface area contributed by atoms with Crippen molar-refractivity contribution in [3.63, 3.8) is 0 Å². The van der Waals surface area contributed by atoms with E-state index in [9.17, 15) is 9.59 Å². The van der Waals surface area contributed by atoms with Gasteiger partial charge < -0.3 is 15.8 Å². The van der Waals surface area contributed by atoms with Gasteiger partial charge >= 0.3 is 0 Å². The summed E-state index contributed by atoms with van der Waals surface area (Å²) in [6.45, 7) is 1.67. The summed E-state index contributed by atoms with van der Waals surface area (Å²) < 4.78 is 5.11. The average molecular weight is 268 g/mol. The highest BCUT2D eigenvalue weighted by atomic mass is 32.2. The number of primary amides is 1. The zero-order chi connectivity index (χ0) is 13.5. The van der Waals surface area contributed by atoms with Crippen LogP contribution in [0.2, 0.25) is 0 Å². The minimum absolute atomic E-state index is 0.169. The molecule has 1 atom stereocenters. The normalized spacial score (nSPS) is 11.7. The highest BCUT2D eigenvalue weighted by Gasteiger charge is 2.12. The lowest BCUT2D eigenvalue weighted by Crippen LogP contribution is -2.25. The Morgan fingerprint density at radius 3 is 2.72 bits per heavy atom. The van der Waals surface area contributed by atoms with Crippen molar-refractivity contribution >= 4 is 29.3 Å². The minimum Gasteiger partial charge on any atom is -0.495 e. The first kappa shape index (κ1) is 14.4. The standard InChI is InChI=1S/C12H16N2O3S/c1-8(12(13)16)18-7-11(15)14-9-5-3-4-6-10(9)17-2/h3-6,8H,7H2,1-2H3,(H2,13,16)(H,14,15). The number of hydrogen-bond acceptors (Lipinski definition) is 4. The van der Waals surface area contributed by atoms with Gasteiger partial charge in [0.05, 0.1) is 23.8 Å². The molecule has 98 valence electrons. The van der Waals surface area contributed by atoms with Crippen molar-refractivity contribution in [3.05, 3.63) is 24.3 Å². The summed E-state index contributed by atoms with van der Waals surface area (Å²) in [5, 5.41) is 2.34. The van der Waals surface area contributed by atoms with Crippen LogP contribution in [0.15, 0.2) is 24.3 Å². The molecule has 0 aliphatic heterocycles. The summed E-state index contributed by atoms with van der Waals surface area (Å²) >= 11 is 1.20. The van der Waals surface area contributed by atoms with E-state index in [1.165, 1.54) is 18.9 Å². The number of para-hydroxylation sites is 2. The number of carbonyl (C=O) groups excluding carboxylic acids is 2. The highest BCUT2D eigenvalue weighted by molar-refractivity contribution is 8.01. The van der Waals surface area contributed by atoms with E-state index in [0.29, 0.717) is 11.4 Å². The molecule has 0 heterocycles. The average Bonchev–Trinajstić information content (AvgIpc) is 2.36. The smallest absolute Gasteiger partial charge is 0.234 e. The fourth-order valence-corrected chi connectivity index (χ4v) is 1.85. The van der Waals surface area contributed by atoms with Crippen molar-refractivity contribution < 1.29 is 14.3 Å². The number of ether oxygens (including phenoxy) is 1. The number of nitrogens with two attached hydrogens (primary N) is 1. The number of thioether (sulfide) groups is 1. The summed E-state index contributed by atoms with van der Waals surface area (Å²) in [5.41, 5.74) is 5.72. The predicted octanol–water partition coefficient (Wildman–Crippen LogP) is 1.24. The van der Waals surface area contributed by atoms with Gasteiger partial charge in [-0.1, -0.05) is 12.1 Å². The fraction of sp³-hybridized carbons (Fsp3) is 0.333. The van der Waals surface area contributed by atoms with Crippen molar-refractivity contribution in [2.24, 2.45) is 5.73 Å². The maximum atomic E-state index is 11.7. The van der Waals surface area contributed by atoms with Crippen LogP contribution in [0.5, 0.6) is 5.75 Å². The minimum atomic E-state index is -0.426. The zero-order valence-corrected chi connectivity index (χ0v) is 11.1. The highest BCUT2D eigenvalue weighted by Crippen LogP contribution is 2.23. The molecular weight excluding hydrogens is 252 g/mol. The molecule has 0 aliphatic rings. The number of nitrogens with one attached hydrogen (secondary N) is 1. The third-order valence-electron chi connectivity index (χ3n) is 2.25. The molecule has 0 aromatic heterocycles. The Balaban J connectivity index is 2.52. The van der Waals surface area contributed by atoms with E-state index >= 15 is 0 Å². The Labute approximate surface area is 110 Å². The Bertz CT molecular complexity index is 437. The van der Waals surface area contributed by atoms with E-state index < -0.39 is 5.91 Å². The largest absolute Gasteiger partial charge is 0.495 e. The van der Waals surface area contributed by atoms with Gasteiger partial charge in [-0.15, -0.1) is 11.8 Å². The molecule has 0 saturated heterocycles. The van der Waals surface area contributed by atoms with E-state index in [4.69, 9.17) is 10.5 Å². The van der Waals surface area contributed by atoms with Crippen molar-refractivity contribution in [2.75, 3.05) is 18.2 Å². The van der Waals surface area contributed by atoms with Crippen LogP contribution < -0.4 is 15.8 Å². The molecule has 0 radical (unpaired) electrons. The summed E-state index contributed by atoms with van der Waals surface area (Å²) in [6, 6.07) is 7.13. The summed E-state index contributed by atoms with van der Waals surface area (Å²) in [4.78, 5) is 22.5. The number of methoxy groups -OCH3 is 1. The van der Waals surface area contributed by atoms with Gasteiger partial charge in [-0.2, -0.15) is 0 Å². The Morgan fingerprint density at radius 2 is 2.11 bits per heavy atom. The third-order valence-corrected chi connectivity index (χ3v) is 3.41. The monoisotopic (exact) mass is 268 g/mol. The van der Waals surface area contributed by atoms with Gasteiger partial charge in [0.25, 0.3) is 0 Å². The van der Waals surface area contributed by atoms with Crippen LogP contribution in [-0.2, 0) is 9.59 Å². The molecule has 1 rings (SSSR count). The van der Waals surface area contributed by atoms with Crippen molar-refractivity contribution in [1.82, 2.24) is 0 Å². The molecule has 0 bridgehead atoms. The van der Waals surface area contributed by atoms with E-state index in [1.807, 2.05) is 6.07 Å². The number of carbonyl (C=O) groups is 2. The fourth-order valence-electron chi connectivity index (χ4n) is 1.22. The van der Waals surface area contributed by atoms with E-state index in [0.717, 1.165) is 0 Å². The zero-order valence-electron chi connectivity index (χ0n) is 10.3. The first-order chi connectivity index (χ1) is 8.54. The van der Waals surface area contributed by atoms with Gasteiger partial charge in [-0.05, 0) is 19.1 Å². The second-order valence-corrected chi connectivity index (χ2v) is 4.93. The van der Waals surface area contributed by atoms with E-state index in [1.54, 1.807) is 25.1 Å². The van der Waals surface area contributed by atoms with E-state index in [2.05, 4.69) is 5.32 Å². The molecule has 1 unspecified atom stereocenters. The molecule has 1 aromatic carbocycles. The number of anilines is 1. The van der Waals surface area contributed by atoms with Crippen LogP contribution in [0.3, 0.4) is 0 Å². The van der Waals surface area contributed by atoms with Crippen LogP contribution in [0.1, 0.15) is 6.92 Å². The van der Waals surface area contributed by atoms with Crippen LogP contribution in [0.25, 0.3) is 0 Å².